The SMILES string of the molecule is CNC(=O)N(/N=C(/C#N)C=O)c1cc(Cl)c(Oc2ccc3[nH]cc(C(C)=O)c3c2)c(Cl)c1. The Hall–Kier alpha value is -3.87. The normalized spacial score (nSPS) is 11.0. The molecule has 2 N–H and O–H groups in total. The number of Topliss-reactive ketones (excluding diaryl/α,β-unsaturated/α-hetero) is 1. The van der Waals surface area contributed by atoms with Crippen LogP contribution in [0.25, 0.3) is 10.9 Å². The van der Waals surface area contributed by atoms with E-state index in [9.17, 15) is 14.4 Å². The van der Waals surface area contributed by atoms with Crippen molar-refractivity contribution in [2.24, 2.45) is 5.10 Å². The molecule has 0 spiro atoms. The van der Waals surface area contributed by atoms with E-state index in [2.05, 4.69) is 15.4 Å². The summed E-state index contributed by atoms with van der Waals surface area (Å²) in [5.41, 5.74) is 0.849. The minimum Gasteiger partial charge on any atom is -0.454 e. The fourth-order valence-electron chi connectivity index (χ4n) is 2.84. The molecule has 9 nitrogen and oxygen atoms in total. The summed E-state index contributed by atoms with van der Waals surface area (Å²) < 4.78 is 5.84. The number of hydrazone groups is 1. The molecule has 2 amide bonds. The molecule has 0 unspecified atom stereocenters. The number of carbonyl (C=O) groups excluding carboxylic acids is 3. The number of nitrogens with one attached hydrogen (secondary N) is 2. The predicted molar refractivity (Wildman–Crippen MR) is 121 cm³/mol. The number of nitrogens with zero attached hydrogens (tertiary/aromatic N) is 3. The Balaban J connectivity index is 2.01. The Bertz CT molecular complexity index is 1290. The summed E-state index contributed by atoms with van der Waals surface area (Å²) in [7, 11) is 1.35. The summed E-state index contributed by atoms with van der Waals surface area (Å²) in [6, 6.07) is 8.63. The van der Waals surface area contributed by atoms with Gasteiger partial charge in [0.1, 0.15) is 11.8 Å². The summed E-state index contributed by atoms with van der Waals surface area (Å²) >= 11 is 12.7. The van der Waals surface area contributed by atoms with Gasteiger partial charge in [0.2, 0.25) is 5.71 Å². The van der Waals surface area contributed by atoms with Gasteiger partial charge in [-0.2, -0.15) is 10.3 Å². The van der Waals surface area contributed by atoms with Crippen LogP contribution < -0.4 is 15.1 Å². The van der Waals surface area contributed by atoms with Gasteiger partial charge in [-0.3, -0.25) is 9.59 Å². The van der Waals surface area contributed by atoms with E-state index in [0.29, 0.717) is 16.7 Å². The Labute approximate surface area is 192 Å². The highest BCUT2D eigenvalue weighted by molar-refractivity contribution is 6.38. The number of aromatic amines is 1. The van der Waals surface area contributed by atoms with Crippen LogP contribution in [0.5, 0.6) is 11.5 Å². The van der Waals surface area contributed by atoms with Gasteiger partial charge in [0.25, 0.3) is 0 Å². The molecule has 0 aliphatic rings. The standard InChI is InChI=1S/C21H15Cl2N5O4/c1-11(30)16-9-26-19-4-3-14(7-15(16)19)32-20-17(22)5-13(6-18(20)23)28(21(31)25-2)27-12(8-24)10-29/h3-7,9-10,26H,1-2H3,(H,25,31)/b27-12-. The summed E-state index contributed by atoms with van der Waals surface area (Å²) in [5, 5.41) is 16.5. The van der Waals surface area contributed by atoms with Gasteiger partial charge in [-0.25, -0.2) is 4.79 Å². The third-order valence-corrected chi connectivity index (χ3v) is 4.88. The van der Waals surface area contributed by atoms with Crippen molar-refractivity contribution in [3.8, 4) is 17.6 Å². The molecule has 0 aliphatic heterocycles. The molecule has 0 radical (unpaired) electrons. The zero-order valence-electron chi connectivity index (χ0n) is 16.8. The van der Waals surface area contributed by atoms with Crippen LogP contribution in [0.15, 0.2) is 41.6 Å². The van der Waals surface area contributed by atoms with Crippen LogP contribution in [-0.4, -0.2) is 35.8 Å². The molecule has 0 saturated carbocycles. The van der Waals surface area contributed by atoms with E-state index >= 15 is 0 Å². The Kier molecular flexibility index (Phi) is 6.78. The number of nitriles is 1. The highest BCUT2D eigenvalue weighted by Crippen LogP contribution is 2.40. The molecule has 3 rings (SSSR count). The lowest BCUT2D eigenvalue weighted by atomic mass is 10.1. The zero-order chi connectivity index (χ0) is 23.4. The van der Waals surface area contributed by atoms with Crippen molar-refractivity contribution < 1.29 is 19.1 Å². The zero-order valence-corrected chi connectivity index (χ0v) is 18.3. The van der Waals surface area contributed by atoms with E-state index in [0.717, 1.165) is 10.5 Å². The molecule has 0 fully saturated rings. The quantitative estimate of drug-likeness (QED) is 0.233. The number of anilines is 1. The molecule has 1 heterocycles. The number of fused-ring (bicyclic) bond motifs is 1. The summed E-state index contributed by atoms with van der Waals surface area (Å²) in [4.78, 5) is 38.0. The van der Waals surface area contributed by atoms with Crippen LogP contribution in [0.4, 0.5) is 10.5 Å². The van der Waals surface area contributed by atoms with Gasteiger partial charge in [0.15, 0.2) is 17.8 Å². The molecular formula is C21H15Cl2N5O4. The number of aromatic nitrogens is 1. The topological polar surface area (TPSA) is 128 Å². The van der Waals surface area contributed by atoms with Crippen LogP contribution >= 0.6 is 23.2 Å². The third-order valence-electron chi connectivity index (χ3n) is 4.32. The second-order valence-corrected chi connectivity index (χ2v) is 7.20. The molecule has 0 saturated heterocycles. The maximum atomic E-state index is 12.2. The minimum atomic E-state index is -0.727. The van der Waals surface area contributed by atoms with Crippen LogP contribution in [0.1, 0.15) is 17.3 Å². The molecule has 2 aromatic carbocycles. The van der Waals surface area contributed by atoms with E-state index in [1.807, 2.05) is 0 Å². The van der Waals surface area contributed by atoms with Crippen molar-refractivity contribution in [1.82, 2.24) is 10.3 Å². The van der Waals surface area contributed by atoms with Crippen LogP contribution in [0.2, 0.25) is 10.0 Å². The molecule has 0 atom stereocenters. The molecule has 1 aromatic heterocycles. The molecule has 162 valence electrons. The smallest absolute Gasteiger partial charge is 0.342 e. The molecular weight excluding hydrogens is 457 g/mol. The highest BCUT2D eigenvalue weighted by atomic mass is 35.5. The number of benzene rings is 2. The van der Waals surface area contributed by atoms with Crippen LogP contribution in [0, 0.1) is 11.3 Å². The van der Waals surface area contributed by atoms with Crippen molar-refractivity contribution in [2.75, 3.05) is 12.1 Å². The number of amides is 2. The van der Waals surface area contributed by atoms with Crippen molar-refractivity contribution >= 4 is 63.6 Å². The van der Waals surface area contributed by atoms with Gasteiger partial charge in [-0.1, -0.05) is 23.2 Å². The number of urea groups is 1. The van der Waals surface area contributed by atoms with Gasteiger partial charge in [-0.15, -0.1) is 5.10 Å². The number of H-pyrrole nitrogens is 1. The third kappa shape index (κ3) is 4.56. The Morgan fingerprint density at radius 1 is 1.25 bits per heavy atom. The predicted octanol–water partition coefficient (Wildman–Crippen LogP) is 4.69. The largest absolute Gasteiger partial charge is 0.454 e. The number of ether oxygens (including phenoxy) is 1. The first-order valence-electron chi connectivity index (χ1n) is 9.03. The van der Waals surface area contributed by atoms with Gasteiger partial charge in [-0.05, 0) is 37.3 Å². The van der Waals surface area contributed by atoms with Crippen molar-refractivity contribution in [1.29, 1.82) is 5.26 Å². The fraction of sp³-hybridized carbons (Fsp3) is 0.0952. The number of halogens is 2. The maximum Gasteiger partial charge on any atom is 0.342 e. The van der Waals surface area contributed by atoms with Gasteiger partial charge >= 0.3 is 6.03 Å². The molecule has 0 bridgehead atoms. The van der Waals surface area contributed by atoms with Crippen molar-refractivity contribution in [3.63, 3.8) is 0 Å². The first-order chi connectivity index (χ1) is 15.3. The molecule has 0 aliphatic carbocycles. The molecule has 11 heteroatoms. The molecule has 32 heavy (non-hydrogen) atoms. The van der Waals surface area contributed by atoms with Crippen molar-refractivity contribution in [3.05, 3.63) is 52.1 Å². The van der Waals surface area contributed by atoms with Crippen LogP contribution in [0.3, 0.4) is 0 Å². The summed E-state index contributed by atoms with van der Waals surface area (Å²) in [6.45, 7) is 1.46. The monoisotopic (exact) mass is 471 g/mol. The van der Waals surface area contributed by atoms with E-state index in [1.54, 1.807) is 30.5 Å². The lowest BCUT2D eigenvalue weighted by molar-refractivity contribution is -0.102. The Morgan fingerprint density at radius 3 is 2.50 bits per heavy atom. The average molecular weight is 472 g/mol. The number of hydrogen-bond acceptors (Lipinski definition) is 6. The van der Waals surface area contributed by atoms with Crippen molar-refractivity contribution in [2.45, 2.75) is 6.92 Å². The maximum absolute atomic E-state index is 12.2. The van der Waals surface area contributed by atoms with Gasteiger partial charge < -0.3 is 15.0 Å². The second-order valence-electron chi connectivity index (χ2n) is 6.39. The van der Waals surface area contributed by atoms with Gasteiger partial charge in [0, 0.05) is 29.7 Å². The minimum absolute atomic E-state index is 0.0437. The average Bonchev–Trinajstić information content (AvgIpc) is 3.20. The number of ketones is 1. The Morgan fingerprint density at radius 2 is 1.94 bits per heavy atom. The fourth-order valence-corrected chi connectivity index (χ4v) is 3.40. The number of carbonyl (C=O) groups is 3. The highest BCUT2D eigenvalue weighted by Gasteiger charge is 2.20. The first kappa shape index (κ1) is 22.8. The van der Waals surface area contributed by atoms with E-state index in [-0.39, 0.29) is 33.6 Å². The van der Waals surface area contributed by atoms with Gasteiger partial charge in [0.05, 0.1) is 15.7 Å². The van der Waals surface area contributed by atoms with E-state index in [1.165, 1.54) is 26.1 Å². The summed E-state index contributed by atoms with van der Waals surface area (Å²) in [6.07, 6.45) is 1.83. The first-order valence-corrected chi connectivity index (χ1v) is 9.79. The number of hydrogen-bond donors (Lipinski definition) is 2. The van der Waals surface area contributed by atoms with E-state index < -0.39 is 11.7 Å². The molecule has 3 aromatic rings. The second kappa shape index (κ2) is 9.51. The van der Waals surface area contributed by atoms with Crippen LogP contribution in [-0.2, 0) is 4.79 Å². The lowest BCUT2D eigenvalue weighted by Crippen LogP contribution is -2.35. The summed E-state index contributed by atoms with van der Waals surface area (Å²) in [5.74, 6) is 0.383. The number of rotatable bonds is 6. The lowest BCUT2D eigenvalue weighted by Gasteiger charge is -2.18. The van der Waals surface area contributed by atoms with E-state index in [4.69, 9.17) is 33.2 Å². The number of aldehydes is 1.